The van der Waals surface area contributed by atoms with Crippen molar-refractivity contribution in [2.24, 2.45) is 5.73 Å². The van der Waals surface area contributed by atoms with Gasteiger partial charge in [-0.25, -0.2) is 9.97 Å². The highest BCUT2D eigenvalue weighted by Crippen LogP contribution is 2.02. The third-order valence-corrected chi connectivity index (χ3v) is 2.22. The van der Waals surface area contributed by atoms with Gasteiger partial charge in [-0.15, -0.1) is 0 Å². The molecule has 1 atom stereocenters. The van der Waals surface area contributed by atoms with Crippen LogP contribution in [0.1, 0.15) is 24.9 Å². The Balaban J connectivity index is 2.65. The fourth-order valence-electron chi connectivity index (χ4n) is 1.33. The molecule has 0 aliphatic heterocycles. The monoisotopic (exact) mass is 208 g/mol. The average Bonchev–Trinajstić information content (AvgIpc) is 2.17. The van der Waals surface area contributed by atoms with E-state index < -0.39 is 0 Å². The van der Waals surface area contributed by atoms with Gasteiger partial charge in [-0.05, 0) is 26.6 Å². The van der Waals surface area contributed by atoms with Gasteiger partial charge in [0.15, 0.2) is 0 Å². The van der Waals surface area contributed by atoms with Crippen LogP contribution in [-0.4, -0.2) is 35.0 Å². The van der Waals surface area contributed by atoms with Crippen molar-refractivity contribution in [3.05, 3.63) is 23.8 Å². The van der Waals surface area contributed by atoms with Crippen LogP contribution in [0.15, 0.2) is 12.3 Å². The van der Waals surface area contributed by atoms with Crippen molar-refractivity contribution in [3.8, 4) is 0 Å². The highest BCUT2D eigenvalue weighted by atomic mass is 15.1. The molecule has 0 spiro atoms. The zero-order valence-corrected chi connectivity index (χ0v) is 9.77. The van der Waals surface area contributed by atoms with Crippen LogP contribution in [0.25, 0.3) is 0 Å². The zero-order chi connectivity index (χ0) is 11.3. The lowest BCUT2D eigenvalue weighted by molar-refractivity contribution is 0.389. The number of aromatic nitrogens is 2. The first-order valence-corrected chi connectivity index (χ1v) is 5.33. The zero-order valence-electron chi connectivity index (χ0n) is 9.77. The molecule has 84 valence electrons. The second kappa shape index (κ2) is 5.78. The Morgan fingerprint density at radius 2 is 2.20 bits per heavy atom. The Kier molecular flexibility index (Phi) is 4.65. The first kappa shape index (κ1) is 12.1. The maximum absolute atomic E-state index is 5.89. The molecule has 0 radical (unpaired) electrons. The van der Waals surface area contributed by atoms with Gasteiger partial charge in [0.25, 0.3) is 0 Å². The van der Waals surface area contributed by atoms with E-state index in [9.17, 15) is 0 Å². The van der Waals surface area contributed by atoms with Crippen LogP contribution in [0.2, 0.25) is 0 Å². The van der Waals surface area contributed by atoms with Crippen LogP contribution < -0.4 is 5.73 Å². The van der Waals surface area contributed by atoms with E-state index in [0.717, 1.165) is 30.9 Å². The van der Waals surface area contributed by atoms with Crippen molar-refractivity contribution in [1.82, 2.24) is 14.9 Å². The van der Waals surface area contributed by atoms with Gasteiger partial charge in [-0.1, -0.05) is 6.92 Å². The molecule has 1 rings (SSSR count). The van der Waals surface area contributed by atoms with Gasteiger partial charge in [0.1, 0.15) is 5.82 Å². The van der Waals surface area contributed by atoms with E-state index in [1.165, 1.54) is 0 Å². The Hall–Kier alpha value is -1.00. The summed E-state index contributed by atoms with van der Waals surface area (Å²) < 4.78 is 0. The van der Waals surface area contributed by atoms with Crippen LogP contribution in [0.5, 0.6) is 0 Å². The summed E-state index contributed by atoms with van der Waals surface area (Å²) in [7, 11) is 4.02. The number of nitrogens with two attached hydrogens (primary N) is 1. The number of nitrogens with zero attached hydrogens (tertiary/aromatic N) is 3. The first-order valence-electron chi connectivity index (χ1n) is 5.33. The van der Waals surface area contributed by atoms with E-state index in [-0.39, 0.29) is 6.04 Å². The maximum Gasteiger partial charge on any atom is 0.142 e. The quantitative estimate of drug-likeness (QED) is 0.778. The molecule has 2 N–H and O–H groups in total. The normalized spacial score (nSPS) is 13.1. The Morgan fingerprint density at radius 3 is 2.80 bits per heavy atom. The molecule has 1 unspecified atom stereocenters. The lowest BCUT2D eigenvalue weighted by atomic mass is 10.1. The summed E-state index contributed by atoms with van der Waals surface area (Å²) in [4.78, 5) is 10.7. The second-order valence-corrected chi connectivity index (χ2v) is 4.07. The van der Waals surface area contributed by atoms with E-state index in [1.807, 2.05) is 26.4 Å². The largest absolute Gasteiger partial charge is 0.327 e. The maximum atomic E-state index is 5.89. The molecule has 0 amide bonds. The van der Waals surface area contributed by atoms with Crippen molar-refractivity contribution < 1.29 is 0 Å². The SMILES string of the molecule is CCC(N)Cc1ccnc(CN(C)C)n1. The topological polar surface area (TPSA) is 55.0 Å². The number of rotatable bonds is 5. The standard InChI is InChI=1S/C11H20N4/c1-4-9(12)7-10-5-6-13-11(14-10)8-15(2)3/h5-6,9H,4,7-8,12H2,1-3H3. The van der Waals surface area contributed by atoms with Crippen molar-refractivity contribution in [2.45, 2.75) is 32.4 Å². The van der Waals surface area contributed by atoms with E-state index in [4.69, 9.17) is 5.73 Å². The molecule has 1 aromatic heterocycles. The van der Waals surface area contributed by atoms with Crippen molar-refractivity contribution in [2.75, 3.05) is 14.1 Å². The van der Waals surface area contributed by atoms with Crippen molar-refractivity contribution in [1.29, 1.82) is 0 Å². The van der Waals surface area contributed by atoms with Gasteiger partial charge in [0.05, 0.1) is 6.54 Å². The molecule has 4 nitrogen and oxygen atoms in total. The summed E-state index contributed by atoms with van der Waals surface area (Å²) in [5, 5.41) is 0. The lowest BCUT2D eigenvalue weighted by Crippen LogP contribution is -2.22. The van der Waals surface area contributed by atoms with Gasteiger partial charge in [0, 0.05) is 24.4 Å². The van der Waals surface area contributed by atoms with Gasteiger partial charge in [0.2, 0.25) is 0 Å². The van der Waals surface area contributed by atoms with Crippen LogP contribution in [0, 0.1) is 0 Å². The van der Waals surface area contributed by atoms with Crippen LogP contribution in [0.3, 0.4) is 0 Å². The van der Waals surface area contributed by atoms with Crippen LogP contribution >= 0.6 is 0 Å². The predicted octanol–water partition coefficient (Wildman–Crippen LogP) is 0.818. The summed E-state index contributed by atoms with van der Waals surface area (Å²) in [5.74, 6) is 0.862. The Bertz CT molecular complexity index is 298. The van der Waals surface area contributed by atoms with E-state index in [0.29, 0.717) is 0 Å². The Morgan fingerprint density at radius 1 is 1.47 bits per heavy atom. The number of hydrogen-bond donors (Lipinski definition) is 1. The summed E-state index contributed by atoms with van der Waals surface area (Å²) in [6, 6.07) is 2.14. The molecule has 0 saturated carbocycles. The van der Waals surface area contributed by atoms with Gasteiger partial charge in [-0.3, -0.25) is 0 Å². The smallest absolute Gasteiger partial charge is 0.142 e. The summed E-state index contributed by atoms with van der Waals surface area (Å²) >= 11 is 0. The fraction of sp³-hybridized carbons (Fsp3) is 0.636. The lowest BCUT2D eigenvalue weighted by Gasteiger charge is -2.11. The van der Waals surface area contributed by atoms with Gasteiger partial charge < -0.3 is 10.6 Å². The molecule has 1 heterocycles. The molecule has 0 aromatic carbocycles. The van der Waals surface area contributed by atoms with E-state index in [2.05, 4.69) is 21.8 Å². The molecule has 0 bridgehead atoms. The van der Waals surface area contributed by atoms with Gasteiger partial charge in [-0.2, -0.15) is 0 Å². The third kappa shape index (κ3) is 4.36. The summed E-state index contributed by atoms with van der Waals surface area (Å²) in [6.45, 7) is 2.86. The summed E-state index contributed by atoms with van der Waals surface area (Å²) in [6.07, 6.45) is 3.62. The highest BCUT2D eigenvalue weighted by Gasteiger charge is 2.04. The van der Waals surface area contributed by atoms with Crippen LogP contribution in [-0.2, 0) is 13.0 Å². The molecular formula is C11H20N4. The molecule has 0 aliphatic carbocycles. The molecule has 0 saturated heterocycles. The van der Waals surface area contributed by atoms with Crippen molar-refractivity contribution in [3.63, 3.8) is 0 Å². The van der Waals surface area contributed by atoms with Crippen LogP contribution in [0.4, 0.5) is 0 Å². The number of hydrogen-bond acceptors (Lipinski definition) is 4. The fourth-order valence-corrected chi connectivity index (χ4v) is 1.33. The molecule has 0 aliphatic rings. The minimum absolute atomic E-state index is 0.201. The van der Waals surface area contributed by atoms with E-state index in [1.54, 1.807) is 0 Å². The average molecular weight is 208 g/mol. The molecule has 1 aromatic rings. The molecule has 4 heteroatoms. The summed E-state index contributed by atoms with van der Waals surface area (Å²) in [5.41, 5.74) is 6.92. The molecule has 15 heavy (non-hydrogen) atoms. The third-order valence-electron chi connectivity index (χ3n) is 2.22. The van der Waals surface area contributed by atoms with Crippen molar-refractivity contribution >= 4 is 0 Å². The Labute approximate surface area is 91.5 Å². The predicted molar refractivity (Wildman–Crippen MR) is 61.4 cm³/mol. The minimum atomic E-state index is 0.201. The first-order chi connectivity index (χ1) is 7.11. The van der Waals surface area contributed by atoms with Gasteiger partial charge >= 0.3 is 0 Å². The highest BCUT2D eigenvalue weighted by molar-refractivity contribution is 5.04. The minimum Gasteiger partial charge on any atom is -0.327 e. The molecular weight excluding hydrogens is 188 g/mol. The second-order valence-electron chi connectivity index (χ2n) is 4.07. The van der Waals surface area contributed by atoms with E-state index >= 15 is 0 Å². The molecule has 0 fully saturated rings.